The predicted octanol–water partition coefficient (Wildman–Crippen LogP) is 4.55. The summed E-state index contributed by atoms with van der Waals surface area (Å²) in [6, 6.07) is 6.34. The van der Waals surface area contributed by atoms with Crippen LogP contribution in [-0.4, -0.2) is 30.1 Å². The number of ether oxygens (including phenoxy) is 1. The van der Waals surface area contributed by atoms with E-state index in [1.54, 1.807) is 12.1 Å². The van der Waals surface area contributed by atoms with E-state index in [0.717, 1.165) is 23.0 Å². The molecule has 0 aliphatic carbocycles. The fourth-order valence-electron chi connectivity index (χ4n) is 2.82. The van der Waals surface area contributed by atoms with Gasteiger partial charge in [-0.05, 0) is 29.8 Å². The molecule has 0 atom stereocenters. The first kappa shape index (κ1) is 22.6. The third kappa shape index (κ3) is 4.79. The van der Waals surface area contributed by atoms with Crippen molar-refractivity contribution in [2.24, 2.45) is 0 Å². The Morgan fingerprint density at radius 2 is 1.93 bits per heavy atom. The summed E-state index contributed by atoms with van der Waals surface area (Å²) in [5.74, 6) is -0.798. The number of hydrogen-bond donors (Lipinski definition) is 0. The maximum Gasteiger partial charge on any atom is 0.573 e. The molecule has 0 unspecified atom stereocenters. The minimum absolute atomic E-state index is 0.00286. The van der Waals surface area contributed by atoms with Crippen LogP contribution in [0.5, 0.6) is 5.75 Å². The number of rotatable bonds is 5. The second kappa shape index (κ2) is 8.20. The van der Waals surface area contributed by atoms with Crippen LogP contribution in [0.25, 0.3) is 10.9 Å². The summed E-state index contributed by atoms with van der Waals surface area (Å²) in [4.78, 5) is 17.0. The molecule has 6 nitrogen and oxygen atoms in total. The molecule has 3 rings (SSSR count). The van der Waals surface area contributed by atoms with Gasteiger partial charge in [-0.3, -0.25) is 9.36 Å². The third-order valence-corrected chi connectivity index (χ3v) is 6.78. The van der Waals surface area contributed by atoms with Crippen molar-refractivity contribution in [2.75, 3.05) is 5.75 Å². The highest BCUT2D eigenvalue weighted by molar-refractivity contribution is 9.10. The van der Waals surface area contributed by atoms with Crippen LogP contribution in [0.15, 0.2) is 50.8 Å². The van der Waals surface area contributed by atoms with Gasteiger partial charge in [-0.15, -0.1) is 13.2 Å². The number of sulfone groups is 1. The molecule has 30 heavy (non-hydrogen) atoms. The first-order valence-electron chi connectivity index (χ1n) is 8.37. The van der Waals surface area contributed by atoms with E-state index >= 15 is 0 Å². The van der Waals surface area contributed by atoms with Crippen LogP contribution in [0.1, 0.15) is 12.5 Å². The molecule has 0 amide bonds. The molecule has 2 aromatic carbocycles. The number of halogens is 5. The largest absolute Gasteiger partial charge is 0.573 e. The number of hydrogen-bond acceptors (Lipinski definition) is 5. The zero-order valence-corrected chi connectivity index (χ0v) is 18.4. The molecule has 1 aromatic heterocycles. The summed E-state index contributed by atoms with van der Waals surface area (Å²) in [5.41, 5.74) is -0.374. The van der Waals surface area contributed by atoms with Crippen molar-refractivity contribution in [1.82, 2.24) is 9.55 Å². The standard InChI is InChI=1S/C18H13BrClF3N2O4S/c1-2-30(27,28)15-4-3-11(19)5-10(15)8-25-9-24-16-13(17(25)26)6-12(7-14(16)20)29-18(21,22)23/h3-7,9H,2,8H2,1H3. The lowest BCUT2D eigenvalue weighted by Gasteiger charge is -2.13. The highest BCUT2D eigenvalue weighted by Crippen LogP contribution is 2.30. The highest BCUT2D eigenvalue weighted by atomic mass is 79.9. The predicted molar refractivity (Wildman–Crippen MR) is 109 cm³/mol. The first-order valence-corrected chi connectivity index (χ1v) is 11.2. The van der Waals surface area contributed by atoms with Crippen molar-refractivity contribution >= 4 is 48.3 Å². The molecule has 0 N–H and O–H groups in total. The Bertz CT molecular complexity index is 1290. The van der Waals surface area contributed by atoms with Crippen LogP contribution in [0.4, 0.5) is 13.2 Å². The van der Waals surface area contributed by atoms with Gasteiger partial charge in [-0.1, -0.05) is 34.5 Å². The summed E-state index contributed by atoms with van der Waals surface area (Å²) in [6.07, 6.45) is -3.80. The normalized spacial score (nSPS) is 12.3. The monoisotopic (exact) mass is 524 g/mol. The molecular formula is C18H13BrClF3N2O4S. The SMILES string of the molecule is CCS(=O)(=O)c1ccc(Br)cc1Cn1cnc2c(Cl)cc(OC(F)(F)F)cc2c1=O. The lowest BCUT2D eigenvalue weighted by Crippen LogP contribution is -2.23. The Morgan fingerprint density at radius 1 is 1.23 bits per heavy atom. The molecule has 1 heterocycles. The average Bonchev–Trinajstić information content (AvgIpc) is 2.63. The molecular weight excluding hydrogens is 513 g/mol. The zero-order chi connectivity index (χ0) is 22.3. The van der Waals surface area contributed by atoms with Crippen LogP contribution in [-0.2, 0) is 16.4 Å². The van der Waals surface area contributed by atoms with Crippen molar-refractivity contribution in [2.45, 2.75) is 24.7 Å². The molecule has 160 valence electrons. The van der Waals surface area contributed by atoms with Crippen molar-refractivity contribution in [3.63, 3.8) is 0 Å². The van der Waals surface area contributed by atoms with E-state index in [9.17, 15) is 26.4 Å². The van der Waals surface area contributed by atoms with Gasteiger partial charge >= 0.3 is 6.36 Å². The minimum Gasteiger partial charge on any atom is -0.406 e. The third-order valence-electron chi connectivity index (χ3n) is 4.17. The molecule has 3 aromatic rings. The van der Waals surface area contributed by atoms with Crippen LogP contribution in [0.3, 0.4) is 0 Å². The maximum atomic E-state index is 12.9. The quantitative estimate of drug-likeness (QED) is 0.488. The first-order chi connectivity index (χ1) is 13.9. The van der Waals surface area contributed by atoms with Gasteiger partial charge in [0.25, 0.3) is 5.56 Å². The fourth-order valence-corrected chi connectivity index (χ4v) is 4.60. The van der Waals surface area contributed by atoms with Crippen molar-refractivity contribution in [3.05, 3.63) is 62.1 Å². The fraction of sp³-hybridized carbons (Fsp3) is 0.222. The minimum atomic E-state index is -4.96. The summed E-state index contributed by atoms with van der Waals surface area (Å²) >= 11 is 9.22. The Labute approximate surface area is 182 Å². The number of alkyl halides is 3. The molecule has 0 radical (unpaired) electrons. The maximum absolute atomic E-state index is 12.9. The molecule has 0 fully saturated rings. The van der Waals surface area contributed by atoms with Crippen molar-refractivity contribution in [1.29, 1.82) is 0 Å². The summed E-state index contributed by atoms with van der Waals surface area (Å²) in [6.45, 7) is 1.33. The highest BCUT2D eigenvalue weighted by Gasteiger charge is 2.31. The molecule has 12 heteroatoms. The molecule has 0 spiro atoms. The van der Waals surface area contributed by atoms with Gasteiger partial charge < -0.3 is 4.74 Å². The number of fused-ring (bicyclic) bond motifs is 1. The molecule has 0 aliphatic rings. The van der Waals surface area contributed by atoms with Crippen LogP contribution >= 0.6 is 27.5 Å². The van der Waals surface area contributed by atoms with E-state index in [1.165, 1.54) is 13.0 Å². The van der Waals surface area contributed by atoms with E-state index in [1.807, 2.05) is 0 Å². The summed E-state index contributed by atoms with van der Waals surface area (Å²) in [7, 11) is -3.58. The van der Waals surface area contributed by atoms with E-state index < -0.39 is 27.5 Å². The molecule has 0 bridgehead atoms. The van der Waals surface area contributed by atoms with Gasteiger partial charge in [0.2, 0.25) is 0 Å². The van der Waals surface area contributed by atoms with E-state index in [0.29, 0.717) is 10.0 Å². The van der Waals surface area contributed by atoms with Crippen LogP contribution in [0.2, 0.25) is 5.02 Å². The van der Waals surface area contributed by atoms with Crippen LogP contribution < -0.4 is 10.3 Å². The van der Waals surface area contributed by atoms with Crippen molar-refractivity contribution < 1.29 is 26.3 Å². The lowest BCUT2D eigenvalue weighted by molar-refractivity contribution is -0.274. The number of aromatic nitrogens is 2. The zero-order valence-electron chi connectivity index (χ0n) is 15.2. The second-order valence-electron chi connectivity index (χ2n) is 6.18. The smallest absolute Gasteiger partial charge is 0.406 e. The topological polar surface area (TPSA) is 78.3 Å². The van der Waals surface area contributed by atoms with Gasteiger partial charge in [-0.2, -0.15) is 0 Å². The second-order valence-corrected chi connectivity index (χ2v) is 9.75. The summed E-state index contributed by atoms with van der Waals surface area (Å²) < 4.78 is 67.9. The van der Waals surface area contributed by atoms with Gasteiger partial charge in [0, 0.05) is 10.5 Å². The average molecular weight is 526 g/mol. The molecule has 0 saturated heterocycles. The van der Waals surface area contributed by atoms with Crippen LogP contribution in [0, 0.1) is 0 Å². The molecule has 0 aliphatic heterocycles. The Morgan fingerprint density at radius 3 is 2.57 bits per heavy atom. The number of benzene rings is 2. The Hall–Kier alpha value is -2.11. The van der Waals surface area contributed by atoms with Gasteiger partial charge in [-0.25, -0.2) is 13.4 Å². The molecule has 0 saturated carbocycles. The summed E-state index contributed by atoms with van der Waals surface area (Å²) in [5, 5.41) is -0.383. The lowest BCUT2D eigenvalue weighted by atomic mass is 10.2. The van der Waals surface area contributed by atoms with Gasteiger partial charge in [0.15, 0.2) is 9.84 Å². The van der Waals surface area contributed by atoms with E-state index in [-0.39, 0.29) is 33.1 Å². The Kier molecular flexibility index (Phi) is 6.17. The Balaban J connectivity index is 2.14. The number of nitrogens with zero attached hydrogens (tertiary/aromatic N) is 2. The van der Waals surface area contributed by atoms with Crippen molar-refractivity contribution in [3.8, 4) is 5.75 Å². The van der Waals surface area contributed by atoms with Gasteiger partial charge in [0.05, 0.1) is 39.4 Å². The van der Waals surface area contributed by atoms with E-state index in [2.05, 4.69) is 25.7 Å². The van der Waals surface area contributed by atoms with Gasteiger partial charge in [0.1, 0.15) is 5.75 Å². The van der Waals surface area contributed by atoms with E-state index in [4.69, 9.17) is 11.6 Å².